The zero-order valence-corrected chi connectivity index (χ0v) is 11.4. The predicted molar refractivity (Wildman–Crippen MR) is 72.7 cm³/mol. The Bertz CT molecular complexity index is 655. The molecule has 9 heteroatoms. The van der Waals surface area contributed by atoms with Crippen LogP contribution in [0, 0.1) is 0 Å². The van der Waals surface area contributed by atoms with Crippen molar-refractivity contribution < 1.29 is 27.5 Å². The van der Waals surface area contributed by atoms with Crippen LogP contribution in [0.25, 0.3) is 11.0 Å². The van der Waals surface area contributed by atoms with Crippen LogP contribution in [0.2, 0.25) is 0 Å². The van der Waals surface area contributed by atoms with Crippen molar-refractivity contribution in [2.24, 2.45) is 10.9 Å². The molecule has 5 nitrogen and oxygen atoms in total. The number of alkyl halides is 3. The maximum Gasteiger partial charge on any atom is 0.441 e. The highest BCUT2D eigenvalue weighted by molar-refractivity contribution is 8.00. The monoisotopic (exact) mass is 320 g/mol. The molecule has 1 aromatic heterocycles. The average molecular weight is 320 g/mol. The average Bonchev–Trinajstić information content (AvgIpc) is 2.80. The molecule has 3 N–H and O–H groups in total. The molecule has 2 aromatic rings. The Hall–Kier alpha value is -2.03. The third-order valence-electron chi connectivity index (χ3n) is 2.49. The van der Waals surface area contributed by atoms with E-state index < -0.39 is 5.51 Å². The minimum atomic E-state index is -4.31. The molecular weight excluding hydrogens is 309 g/mol. The number of benzene rings is 1. The van der Waals surface area contributed by atoms with Crippen LogP contribution in [-0.4, -0.2) is 28.9 Å². The minimum Gasteiger partial charge on any atom is -0.488 e. The van der Waals surface area contributed by atoms with E-state index >= 15 is 0 Å². The van der Waals surface area contributed by atoms with Gasteiger partial charge in [0.25, 0.3) is 0 Å². The molecule has 0 unspecified atom stereocenters. The first kappa shape index (κ1) is 15.4. The van der Waals surface area contributed by atoms with E-state index in [1.807, 2.05) is 0 Å². The van der Waals surface area contributed by atoms with Crippen molar-refractivity contribution in [1.29, 1.82) is 0 Å². The Morgan fingerprint density at radius 3 is 2.76 bits per heavy atom. The van der Waals surface area contributed by atoms with Gasteiger partial charge in [0.1, 0.15) is 5.58 Å². The molecule has 0 bridgehead atoms. The van der Waals surface area contributed by atoms with E-state index in [0.717, 1.165) is 0 Å². The summed E-state index contributed by atoms with van der Waals surface area (Å²) < 4.78 is 46.9. The van der Waals surface area contributed by atoms with Crippen LogP contribution in [0.4, 0.5) is 13.2 Å². The number of hydrogen-bond acceptors (Lipinski definition) is 5. The van der Waals surface area contributed by atoms with Gasteiger partial charge in [0, 0.05) is 5.75 Å². The zero-order valence-electron chi connectivity index (χ0n) is 10.6. The number of para-hydroxylation sites is 1. The molecule has 0 amide bonds. The maximum atomic E-state index is 12.1. The number of nitrogens with zero attached hydrogens (tertiary/aromatic N) is 1. The molecule has 2 rings (SSSR count). The number of furan rings is 1. The Morgan fingerprint density at radius 1 is 1.38 bits per heavy atom. The van der Waals surface area contributed by atoms with Gasteiger partial charge in [0.15, 0.2) is 5.75 Å². The van der Waals surface area contributed by atoms with Crippen molar-refractivity contribution in [3.05, 3.63) is 30.0 Å². The summed E-state index contributed by atoms with van der Waals surface area (Å²) in [6, 6.07) is 6.73. The SMILES string of the molecule is N/C(=N/O)c1oc2ccccc2c1OCCSC(F)(F)F. The van der Waals surface area contributed by atoms with Gasteiger partial charge in [-0.3, -0.25) is 0 Å². The molecule has 0 saturated carbocycles. The summed E-state index contributed by atoms with van der Waals surface area (Å²) in [7, 11) is 0. The van der Waals surface area contributed by atoms with Gasteiger partial charge in [-0.05, 0) is 23.9 Å². The first-order valence-corrected chi connectivity index (χ1v) is 6.74. The number of oxime groups is 1. The Morgan fingerprint density at radius 2 is 2.10 bits per heavy atom. The summed E-state index contributed by atoms with van der Waals surface area (Å²) in [4.78, 5) is 0. The number of rotatable bonds is 5. The van der Waals surface area contributed by atoms with E-state index in [-0.39, 0.29) is 41.5 Å². The Kier molecular flexibility index (Phi) is 4.51. The predicted octanol–water partition coefficient (Wildman–Crippen LogP) is 3.16. The number of amidine groups is 1. The van der Waals surface area contributed by atoms with E-state index in [9.17, 15) is 13.2 Å². The lowest BCUT2D eigenvalue weighted by Crippen LogP contribution is -2.14. The molecule has 1 heterocycles. The number of hydrogen-bond donors (Lipinski definition) is 2. The van der Waals surface area contributed by atoms with Crippen LogP contribution >= 0.6 is 11.8 Å². The summed E-state index contributed by atoms with van der Waals surface area (Å²) in [5.74, 6) is -0.456. The number of halogens is 3. The van der Waals surface area contributed by atoms with Gasteiger partial charge in [-0.1, -0.05) is 17.3 Å². The standard InChI is InChI=1S/C12H11F3N2O3S/c13-12(14,15)21-6-5-19-9-7-3-1-2-4-8(7)20-10(9)11(16)17-18/h1-4,18H,5-6H2,(H2,16,17). The van der Waals surface area contributed by atoms with Gasteiger partial charge in [0.05, 0.1) is 12.0 Å². The minimum absolute atomic E-state index is 0.0179. The summed E-state index contributed by atoms with van der Waals surface area (Å²) >= 11 is -0.186. The Labute approximate surface area is 121 Å². The first-order valence-electron chi connectivity index (χ1n) is 5.75. The molecule has 0 saturated heterocycles. The van der Waals surface area contributed by atoms with Gasteiger partial charge < -0.3 is 20.1 Å². The van der Waals surface area contributed by atoms with Crippen molar-refractivity contribution in [2.45, 2.75) is 5.51 Å². The van der Waals surface area contributed by atoms with Crippen molar-refractivity contribution in [3.63, 3.8) is 0 Å². The molecule has 0 radical (unpaired) electrons. The molecule has 114 valence electrons. The fourth-order valence-electron chi connectivity index (χ4n) is 1.68. The van der Waals surface area contributed by atoms with E-state index in [0.29, 0.717) is 11.0 Å². The van der Waals surface area contributed by atoms with Gasteiger partial charge >= 0.3 is 5.51 Å². The van der Waals surface area contributed by atoms with E-state index in [4.69, 9.17) is 20.1 Å². The quantitative estimate of drug-likeness (QED) is 0.291. The fourth-order valence-corrected chi connectivity index (χ4v) is 2.08. The second-order valence-corrected chi connectivity index (χ2v) is 5.04. The van der Waals surface area contributed by atoms with E-state index in [1.165, 1.54) is 0 Å². The van der Waals surface area contributed by atoms with E-state index in [1.54, 1.807) is 24.3 Å². The third-order valence-corrected chi connectivity index (χ3v) is 3.18. The maximum absolute atomic E-state index is 12.1. The largest absolute Gasteiger partial charge is 0.488 e. The van der Waals surface area contributed by atoms with Crippen LogP contribution in [0.3, 0.4) is 0 Å². The molecule has 0 atom stereocenters. The molecule has 0 spiro atoms. The normalized spacial score (nSPS) is 12.8. The summed E-state index contributed by atoms with van der Waals surface area (Å²) in [5.41, 5.74) is 1.59. The second kappa shape index (κ2) is 6.17. The van der Waals surface area contributed by atoms with Crippen molar-refractivity contribution in [1.82, 2.24) is 0 Å². The molecule has 0 fully saturated rings. The highest BCUT2D eigenvalue weighted by atomic mass is 32.2. The third kappa shape index (κ3) is 3.75. The van der Waals surface area contributed by atoms with Crippen LogP contribution in [0.15, 0.2) is 33.8 Å². The fraction of sp³-hybridized carbons (Fsp3) is 0.250. The Balaban J connectivity index is 2.20. The molecule has 21 heavy (non-hydrogen) atoms. The van der Waals surface area contributed by atoms with Crippen molar-refractivity contribution >= 4 is 28.6 Å². The van der Waals surface area contributed by atoms with Gasteiger partial charge in [-0.15, -0.1) is 0 Å². The van der Waals surface area contributed by atoms with Gasteiger partial charge in [-0.2, -0.15) is 13.2 Å². The summed E-state index contributed by atoms with van der Waals surface area (Å²) in [5, 5.41) is 12.1. The van der Waals surface area contributed by atoms with Crippen LogP contribution < -0.4 is 10.5 Å². The van der Waals surface area contributed by atoms with Gasteiger partial charge in [-0.25, -0.2) is 0 Å². The molecule has 0 aliphatic carbocycles. The van der Waals surface area contributed by atoms with Gasteiger partial charge in [0.2, 0.25) is 11.6 Å². The second-order valence-electron chi connectivity index (χ2n) is 3.88. The molecule has 0 aliphatic heterocycles. The smallest absolute Gasteiger partial charge is 0.441 e. The van der Waals surface area contributed by atoms with E-state index in [2.05, 4.69) is 5.16 Å². The summed E-state index contributed by atoms with van der Waals surface area (Å²) in [6.07, 6.45) is 0. The zero-order chi connectivity index (χ0) is 15.5. The molecule has 0 aliphatic rings. The van der Waals surface area contributed by atoms with Crippen molar-refractivity contribution in [3.8, 4) is 5.75 Å². The highest BCUT2D eigenvalue weighted by Gasteiger charge is 2.28. The van der Waals surface area contributed by atoms with Crippen molar-refractivity contribution in [2.75, 3.05) is 12.4 Å². The number of fused-ring (bicyclic) bond motifs is 1. The highest BCUT2D eigenvalue weighted by Crippen LogP contribution is 2.34. The molecule has 1 aromatic carbocycles. The lowest BCUT2D eigenvalue weighted by Gasteiger charge is -2.07. The topological polar surface area (TPSA) is 81.0 Å². The lowest BCUT2D eigenvalue weighted by atomic mass is 10.2. The van der Waals surface area contributed by atoms with Crippen LogP contribution in [0.1, 0.15) is 5.76 Å². The number of thioether (sulfide) groups is 1. The molecular formula is C12H11F3N2O3S. The first-order chi connectivity index (χ1) is 9.92. The lowest BCUT2D eigenvalue weighted by molar-refractivity contribution is -0.0329. The summed E-state index contributed by atoms with van der Waals surface area (Å²) in [6.45, 7) is -0.195. The number of ether oxygens (including phenoxy) is 1. The number of nitrogens with two attached hydrogens (primary N) is 1. The van der Waals surface area contributed by atoms with Crippen LogP contribution in [0.5, 0.6) is 5.75 Å². The van der Waals surface area contributed by atoms with Crippen LogP contribution in [-0.2, 0) is 0 Å².